The van der Waals surface area contributed by atoms with Crippen LogP contribution in [0.5, 0.6) is 0 Å². The van der Waals surface area contributed by atoms with Gasteiger partial charge in [-0.2, -0.15) is 13.2 Å². The molecular formula is C11H15F3Si. The summed E-state index contributed by atoms with van der Waals surface area (Å²) in [4.78, 5) is 0. The maximum atomic E-state index is 12.8. The summed E-state index contributed by atoms with van der Waals surface area (Å²) in [6.07, 6.45) is -4.23. The number of aryl methyl sites for hydroxylation is 1. The van der Waals surface area contributed by atoms with Gasteiger partial charge in [0.05, 0.1) is 13.6 Å². The minimum absolute atomic E-state index is 0.457. The number of hydrogen-bond donors (Lipinski definition) is 0. The quantitative estimate of drug-likeness (QED) is 0.649. The monoisotopic (exact) mass is 232 g/mol. The van der Waals surface area contributed by atoms with Crippen LogP contribution in [0.1, 0.15) is 11.1 Å². The van der Waals surface area contributed by atoms with Crippen molar-refractivity contribution < 1.29 is 13.2 Å². The summed E-state index contributed by atoms with van der Waals surface area (Å²) < 4.78 is 38.3. The predicted molar refractivity (Wildman–Crippen MR) is 59.2 cm³/mol. The van der Waals surface area contributed by atoms with Gasteiger partial charge in [0, 0.05) is 0 Å². The zero-order chi connectivity index (χ0) is 11.9. The fourth-order valence-electron chi connectivity index (χ4n) is 1.90. The Morgan fingerprint density at radius 3 is 1.93 bits per heavy atom. The molecule has 0 unspecified atom stereocenters. The molecule has 0 radical (unpaired) electrons. The van der Waals surface area contributed by atoms with E-state index in [1.165, 1.54) is 12.1 Å². The Kier molecular flexibility index (Phi) is 3.00. The second kappa shape index (κ2) is 3.67. The molecule has 1 aromatic rings. The van der Waals surface area contributed by atoms with E-state index >= 15 is 0 Å². The Balaban J connectivity index is 3.48. The van der Waals surface area contributed by atoms with E-state index in [0.29, 0.717) is 5.19 Å². The van der Waals surface area contributed by atoms with Crippen molar-refractivity contribution in [3.05, 3.63) is 29.3 Å². The smallest absolute Gasteiger partial charge is 0.166 e. The first-order valence-corrected chi connectivity index (χ1v) is 8.31. The molecule has 0 heterocycles. The van der Waals surface area contributed by atoms with Crippen LogP contribution >= 0.6 is 0 Å². The Hall–Kier alpha value is -0.773. The topological polar surface area (TPSA) is 0 Å². The summed E-state index contributed by atoms with van der Waals surface area (Å²) in [5, 5.41) is 0.525. The highest BCUT2D eigenvalue weighted by Crippen LogP contribution is 2.30. The van der Waals surface area contributed by atoms with E-state index < -0.39 is 19.8 Å². The molecule has 0 nitrogen and oxygen atoms in total. The Morgan fingerprint density at radius 2 is 1.60 bits per heavy atom. The van der Waals surface area contributed by atoms with Crippen molar-refractivity contribution in [2.75, 3.05) is 0 Å². The normalized spacial score (nSPS) is 13.0. The predicted octanol–water partition coefficient (Wildman–Crippen LogP) is 3.56. The van der Waals surface area contributed by atoms with Gasteiger partial charge in [0.1, 0.15) is 0 Å². The summed E-state index contributed by atoms with van der Waals surface area (Å²) in [6, 6.07) is 4.41. The molecule has 0 N–H and O–H groups in total. The van der Waals surface area contributed by atoms with Crippen LogP contribution in [0.25, 0.3) is 0 Å². The fraction of sp³-hybridized carbons (Fsp3) is 0.455. The van der Waals surface area contributed by atoms with Crippen LogP contribution in [0.3, 0.4) is 0 Å². The summed E-state index contributed by atoms with van der Waals surface area (Å²) in [5.41, 5.74) is 0.297. The van der Waals surface area contributed by atoms with E-state index in [1.54, 1.807) is 13.0 Å². The summed E-state index contributed by atoms with van der Waals surface area (Å²) in [5.74, 6) is 0. The third kappa shape index (κ3) is 2.62. The van der Waals surface area contributed by atoms with Crippen LogP contribution in [0.2, 0.25) is 19.6 Å². The highest BCUT2D eigenvalue weighted by molar-refractivity contribution is 6.89. The average molecular weight is 232 g/mol. The first kappa shape index (κ1) is 12.3. The number of hydrogen-bond acceptors (Lipinski definition) is 0. The zero-order valence-corrected chi connectivity index (χ0v) is 10.4. The molecular weight excluding hydrogens is 217 g/mol. The third-order valence-electron chi connectivity index (χ3n) is 2.33. The van der Waals surface area contributed by atoms with Gasteiger partial charge in [-0.1, -0.05) is 43.4 Å². The molecule has 0 spiro atoms. The maximum absolute atomic E-state index is 12.8. The van der Waals surface area contributed by atoms with Crippen molar-refractivity contribution in [1.29, 1.82) is 0 Å². The van der Waals surface area contributed by atoms with Crippen molar-refractivity contribution in [2.45, 2.75) is 32.7 Å². The lowest BCUT2D eigenvalue weighted by atomic mass is 10.1. The van der Waals surface area contributed by atoms with Gasteiger partial charge in [0.15, 0.2) is 0 Å². The lowest BCUT2D eigenvalue weighted by molar-refractivity contribution is -0.136. The largest absolute Gasteiger partial charge is 0.416 e. The Morgan fingerprint density at radius 1 is 1.07 bits per heavy atom. The van der Waals surface area contributed by atoms with Crippen molar-refractivity contribution in [3.63, 3.8) is 0 Å². The van der Waals surface area contributed by atoms with Crippen LogP contribution in [0.15, 0.2) is 18.2 Å². The molecule has 0 aliphatic rings. The van der Waals surface area contributed by atoms with Crippen molar-refractivity contribution in [3.8, 4) is 0 Å². The average Bonchev–Trinajstić information content (AvgIpc) is 1.99. The molecule has 0 amide bonds. The highest BCUT2D eigenvalue weighted by Gasteiger charge is 2.37. The molecule has 0 aromatic heterocycles. The second-order valence-electron chi connectivity index (χ2n) is 4.75. The maximum Gasteiger partial charge on any atom is 0.416 e. The minimum atomic E-state index is -4.23. The standard InChI is InChI=1S/C11H15F3Si/c1-8-6-5-7-9(11(12,13)14)10(8)15(2,3)4/h5-7H,1-4H3. The molecule has 15 heavy (non-hydrogen) atoms. The van der Waals surface area contributed by atoms with E-state index in [0.717, 1.165) is 5.56 Å². The molecule has 4 heteroatoms. The zero-order valence-electron chi connectivity index (χ0n) is 9.37. The molecule has 0 saturated carbocycles. The van der Waals surface area contributed by atoms with Gasteiger partial charge in [-0.3, -0.25) is 0 Å². The van der Waals surface area contributed by atoms with Gasteiger partial charge in [-0.25, -0.2) is 0 Å². The lowest BCUT2D eigenvalue weighted by Crippen LogP contribution is -2.44. The SMILES string of the molecule is Cc1cccc(C(F)(F)F)c1[Si](C)(C)C. The van der Waals surface area contributed by atoms with Gasteiger partial charge in [-0.05, 0) is 12.1 Å². The van der Waals surface area contributed by atoms with Crippen LogP contribution in [-0.2, 0) is 6.18 Å². The summed E-state index contributed by atoms with van der Waals surface area (Å²) in [6.45, 7) is 7.56. The fourth-order valence-corrected chi connectivity index (χ4v) is 4.20. The Bertz CT molecular complexity index is 361. The van der Waals surface area contributed by atoms with Crippen LogP contribution in [0, 0.1) is 6.92 Å². The van der Waals surface area contributed by atoms with Gasteiger partial charge in [0.2, 0.25) is 0 Å². The third-order valence-corrected chi connectivity index (χ3v) is 4.49. The molecule has 1 rings (SSSR count). The van der Waals surface area contributed by atoms with E-state index in [4.69, 9.17) is 0 Å². The van der Waals surface area contributed by atoms with E-state index in [2.05, 4.69) is 0 Å². The van der Waals surface area contributed by atoms with Crippen LogP contribution in [-0.4, -0.2) is 8.07 Å². The van der Waals surface area contributed by atoms with Crippen LogP contribution < -0.4 is 5.19 Å². The number of halogens is 3. The van der Waals surface area contributed by atoms with E-state index in [-0.39, 0.29) is 0 Å². The van der Waals surface area contributed by atoms with Crippen molar-refractivity contribution in [1.82, 2.24) is 0 Å². The molecule has 84 valence electrons. The van der Waals surface area contributed by atoms with E-state index in [9.17, 15) is 13.2 Å². The van der Waals surface area contributed by atoms with Gasteiger partial charge >= 0.3 is 6.18 Å². The molecule has 0 atom stereocenters. The molecule has 0 fully saturated rings. The molecule has 0 saturated heterocycles. The van der Waals surface area contributed by atoms with Crippen LogP contribution in [0.4, 0.5) is 13.2 Å². The number of rotatable bonds is 1. The molecule has 0 aliphatic carbocycles. The van der Waals surface area contributed by atoms with Crippen molar-refractivity contribution in [2.24, 2.45) is 0 Å². The van der Waals surface area contributed by atoms with Gasteiger partial charge in [-0.15, -0.1) is 0 Å². The Labute approximate surface area is 89.1 Å². The molecule has 1 aromatic carbocycles. The highest BCUT2D eigenvalue weighted by atomic mass is 28.3. The first-order valence-electron chi connectivity index (χ1n) is 4.81. The first-order chi connectivity index (χ1) is 6.64. The summed E-state index contributed by atoms with van der Waals surface area (Å²) >= 11 is 0. The second-order valence-corrected chi connectivity index (χ2v) is 9.75. The van der Waals surface area contributed by atoms with Gasteiger partial charge in [0.25, 0.3) is 0 Å². The lowest BCUT2D eigenvalue weighted by Gasteiger charge is -2.24. The molecule has 0 aliphatic heterocycles. The van der Waals surface area contributed by atoms with Crippen molar-refractivity contribution >= 4 is 13.3 Å². The van der Waals surface area contributed by atoms with Gasteiger partial charge < -0.3 is 0 Å². The molecule has 0 bridgehead atoms. The van der Waals surface area contributed by atoms with E-state index in [1.807, 2.05) is 19.6 Å². The minimum Gasteiger partial charge on any atom is -0.166 e. The summed E-state index contributed by atoms with van der Waals surface area (Å²) in [7, 11) is -1.95. The number of alkyl halides is 3. The number of benzene rings is 1.